The lowest BCUT2D eigenvalue weighted by molar-refractivity contribution is 0.487. The fourth-order valence-electron chi connectivity index (χ4n) is 1.36. The monoisotopic (exact) mass is 252 g/mol. The van der Waals surface area contributed by atoms with E-state index >= 15 is 0 Å². The van der Waals surface area contributed by atoms with Crippen LogP contribution in [0.15, 0.2) is 21.8 Å². The first kappa shape index (κ1) is 11.3. The van der Waals surface area contributed by atoms with Crippen LogP contribution in [0.5, 0.6) is 0 Å². The predicted octanol–water partition coefficient (Wildman–Crippen LogP) is 3.79. The number of nitriles is 1. The molecule has 1 heterocycles. The minimum absolute atomic E-state index is 0.177. The Morgan fingerprint density at radius 3 is 3.00 bits per heavy atom. The number of fused-ring (bicyclic) bond motifs is 1. The average molecular weight is 253 g/mol. The van der Waals surface area contributed by atoms with E-state index in [2.05, 4.69) is 11.1 Å². The Balaban J connectivity index is 2.45. The highest BCUT2D eigenvalue weighted by molar-refractivity contribution is 7.99. The number of hydrogen-bond acceptors (Lipinski definition) is 4. The van der Waals surface area contributed by atoms with Crippen molar-refractivity contribution in [1.29, 1.82) is 5.26 Å². The van der Waals surface area contributed by atoms with E-state index in [4.69, 9.17) is 21.3 Å². The quantitative estimate of drug-likeness (QED) is 0.763. The third-order valence-electron chi connectivity index (χ3n) is 2.08. The first-order chi connectivity index (χ1) is 7.60. The van der Waals surface area contributed by atoms with Gasteiger partial charge in [0.15, 0.2) is 5.58 Å². The molecule has 1 aromatic carbocycles. The van der Waals surface area contributed by atoms with Gasteiger partial charge in [-0.1, -0.05) is 11.6 Å². The summed E-state index contributed by atoms with van der Waals surface area (Å²) in [7, 11) is 0. The molecule has 0 aliphatic carbocycles. The number of nitrogens with zero attached hydrogens (tertiary/aromatic N) is 2. The highest BCUT2D eigenvalue weighted by Crippen LogP contribution is 2.29. The highest BCUT2D eigenvalue weighted by Gasteiger charge is 2.12. The van der Waals surface area contributed by atoms with E-state index in [0.29, 0.717) is 10.2 Å². The van der Waals surface area contributed by atoms with Crippen LogP contribution in [0.4, 0.5) is 0 Å². The van der Waals surface area contributed by atoms with E-state index in [1.54, 1.807) is 13.0 Å². The molecule has 0 saturated heterocycles. The second kappa shape index (κ2) is 4.36. The number of aromatic nitrogens is 1. The molecule has 82 valence electrons. The van der Waals surface area contributed by atoms with Gasteiger partial charge >= 0.3 is 0 Å². The Bertz CT molecular complexity index is 573. The lowest BCUT2D eigenvalue weighted by Gasteiger charge is -1.95. The zero-order valence-corrected chi connectivity index (χ0v) is 10.4. The number of halogens is 1. The fourth-order valence-corrected chi connectivity index (χ4v) is 2.27. The molecule has 2 aromatic rings. The topological polar surface area (TPSA) is 49.8 Å². The van der Waals surface area contributed by atoms with Gasteiger partial charge in [0, 0.05) is 5.02 Å². The van der Waals surface area contributed by atoms with Crippen molar-refractivity contribution < 1.29 is 4.42 Å². The zero-order valence-electron chi connectivity index (χ0n) is 8.82. The van der Waals surface area contributed by atoms with Crippen molar-refractivity contribution in [3.8, 4) is 6.07 Å². The Hall–Kier alpha value is -1.18. The van der Waals surface area contributed by atoms with E-state index < -0.39 is 0 Å². The summed E-state index contributed by atoms with van der Waals surface area (Å²) in [6.07, 6.45) is 0. The third kappa shape index (κ3) is 2.16. The fraction of sp³-hybridized carbons (Fsp3) is 0.273. The van der Waals surface area contributed by atoms with Gasteiger partial charge in [-0.2, -0.15) is 5.26 Å². The lowest BCUT2D eigenvalue weighted by Crippen LogP contribution is -1.88. The molecular weight excluding hydrogens is 244 g/mol. The maximum absolute atomic E-state index is 8.71. The number of rotatable bonds is 2. The van der Waals surface area contributed by atoms with Gasteiger partial charge < -0.3 is 4.42 Å². The molecule has 2 rings (SSSR count). The molecule has 0 spiro atoms. The Morgan fingerprint density at radius 2 is 2.31 bits per heavy atom. The van der Waals surface area contributed by atoms with E-state index in [1.807, 2.05) is 13.0 Å². The van der Waals surface area contributed by atoms with Gasteiger partial charge in [0.2, 0.25) is 0 Å². The molecule has 3 nitrogen and oxygen atoms in total. The predicted molar refractivity (Wildman–Crippen MR) is 64.7 cm³/mol. The van der Waals surface area contributed by atoms with E-state index in [9.17, 15) is 0 Å². The number of aryl methyl sites for hydroxylation is 1. The molecule has 0 saturated carbocycles. The second-order valence-electron chi connectivity index (χ2n) is 3.44. The highest BCUT2D eigenvalue weighted by atomic mass is 35.5. The van der Waals surface area contributed by atoms with Gasteiger partial charge in [-0.3, -0.25) is 0 Å². The number of benzene rings is 1. The summed E-state index contributed by atoms with van der Waals surface area (Å²) in [5.74, 6) is 0. The van der Waals surface area contributed by atoms with Crippen LogP contribution in [-0.4, -0.2) is 10.2 Å². The molecule has 0 fully saturated rings. The third-order valence-corrected chi connectivity index (χ3v) is 3.13. The molecule has 0 aliphatic heterocycles. The summed E-state index contributed by atoms with van der Waals surface area (Å²) in [5.41, 5.74) is 2.42. The van der Waals surface area contributed by atoms with Crippen molar-refractivity contribution in [3.05, 3.63) is 22.7 Å². The van der Waals surface area contributed by atoms with E-state index in [-0.39, 0.29) is 5.25 Å². The number of hydrogen-bond donors (Lipinski definition) is 0. The second-order valence-corrected chi connectivity index (χ2v) is 5.17. The van der Waals surface area contributed by atoms with Gasteiger partial charge in [0.1, 0.15) is 5.52 Å². The number of thioether (sulfide) groups is 1. The molecule has 0 bridgehead atoms. The molecule has 5 heteroatoms. The van der Waals surface area contributed by atoms with Crippen molar-refractivity contribution in [2.75, 3.05) is 0 Å². The molecule has 0 unspecified atom stereocenters. The summed E-state index contributed by atoms with van der Waals surface area (Å²) < 4.78 is 5.57. The maximum Gasteiger partial charge on any atom is 0.258 e. The minimum atomic E-state index is -0.177. The van der Waals surface area contributed by atoms with E-state index in [1.165, 1.54) is 11.8 Å². The smallest absolute Gasteiger partial charge is 0.258 e. The van der Waals surface area contributed by atoms with Crippen molar-refractivity contribution in [1.82, 2.24) is 4.98 Å². The largest absolute Gasteiger partial charge is 0.431 e. The summed E-state index contributed by atoms with van der Waals surface area (Å²) in [6.45, 7) is 3.72. The van der Waals surface area contributed by atoms with Crippen LogP contribution in [0.1, 0.15) is 12.5 Å². The summed E-state index contributed by atoms with van der Waals surface area (Å²) in [4.78, 5) is 4.28. The molecule has 0 N–H and O–H groups in total. The van der Waals surface area contributed by atoms with Crippen molar-refractivity contribution in [2.24, 2.45) is 0 Å². The van der Waals surface area contributed by atoms with Crippen molar-refractivity contribution in [2.45, 2.75) is 24.3 Å². The summed E-state index contributed by atoms with van der Waals surface area (Å²) in [5, 5.41) is 9.68. The Kier molecular flexibility index (Phi) is 3.08. The van der Waals surface area contributed by atoms with Crippen LogP contribution in [0, 0.1) is 18.3 Å². The molecule has 0 amide bonds. The number of oxazole rings is 1. The standard InChI is InChI=1S/C11H9ClN2OS/c1-6-3-8(12)4-9-10(6)15-11(14-9)16-7(2)5-13/h3-4,7H,1-2H3/t7-/m1/s1. The van der Waals surface area contributed by atoms with Gasteiger partial charge in [-0.15, -0.1) is 0 Å². The first-order valence-electron chi connectivity index (χ1n) is 4.73. The molecule has 0 aliphatic rings. The Labute approximate surface area is 102 Å². The Morgan fingerprint density at radius 1 is 1.56 bits per heavy atom. The minimum Gasteiger partial charge on any atom is -0.431 e. The molecule has 16 heavy (non-hydrogen) atoms. The van der Waals surface area contributed by atoms with Crippen molar-refractivity contribution in [3.63, 3.8) is 0 Å². The van der Waals surface area contributed by atoms with Crippen LogP contribution in [0.25, 0.3) is 11.1 Å². The first-order valence-corrected chi connectivity index (χ1v) is 5.99. The maximum atomic E-state index is 8.71. The SMILES string of the molecule is Cc1cc(Cl)cc2nc(S[C@H](C)C#N)oc12. The van der Waals surface area contributed by atoms with Crippen LogP contribution in [-0.2, 0) is 0 Å². The molecular formula is C11H9ClN2OS. The van der Waals surface area contributed by atoms with Crippen LogP contribution in [0.3, 0.4) is 0 Å². The van der Waals surface area contributed by atoms with Crippen LogP contribution >= 0.6 is 23.4 Å². The average Bonchev–Trinajstić information content (AvgIpc) is 2.60. The summed E-state index contributed by atoms with van der Waals surface area (Å²) in [6, 6.07) is 5.71. The van der Waals surface area contributed by atoms with Gasteiger partial charge in [-0.05, 0) is 43.3 Å². The molecule has 1 atom stereocenters. The molecule has 0 radical (unpaired) electrons. The van der Waals surface area contributed by atoms with Gasteiger partial charge in [0.25, 0.3) is 5.22 Å². The van der Waals surface area contributed by atoms with Gasteiger partial charge in [-0.25, -0.2) is 4.98 Å². The van der Waals surface area contributed by atoms with Crippen LogP contribution < -0.4 is 0 Å². The van der Waals surface area contributed by atoms with Crippen molar-refractivity contribution >= 4 is 34.5 Å². The lowest BCUT2D eigenvalue weighted by atomic mass is 10.2. The normalized spacial score (nSPS) is 12.6. The van der Waals surface area contributed by atoms with Crippen LogP contribution in [0.2, 0.25) is 5.02 Å². The van der Waals surface area contributed by atoms with E-state index in [0.717, 1.165) is 16.7 Å². The zero-order chi connectivity index (χ0) is 11.7. The van der Waals surface area contributed by atoms with Gasteiger partial charge in [0.05, 0.1) is 11.3 Å². The molecule has 1 aromatic heterocycles. The summed E-state index contributed by atoms with van der Waals surface area (Å²) >= 11 is 7.23.